The van der Waals surface area contributed by atoms with E-state index < -0.39 is 12.5 Å². The smallest absolute Gasteiger partial charge is 0.278 e. The highest BCUT2D eigenvalue weighted by atomic mass is 19.3. The average Bonchev–Trinajstić information content (AvgIpc) is 2.14. The molecule has 0 N–H and O–H groups in total. The van der Waals surface area contributed by atoms with Crippen molar-refractivity contribution in [2.24, 2.45) is 0 Å². The van der Waals surface area contributed by atoms with Gasteiger partial charge in [0.15, 0.2) is 6.61 Å². The first-order valence-corrected chi connectivity index (χ1v) is 4.71. The molecule has 0 aromatic carbocycles. The number of halogens is 2. The van der Waals surface area contributed by atoms with Crippen LogP contribution in [0, 0.1) is 0 Å². The predicted octanol–water partition coefficient (Wildman–Crippen LogP) is 2.63. The van der Waals surface area contributed by atoms with Gasteiger partial charge in [-0.1, -0.05) is 13.8 Å². The summed E-state index contributed by atoms with van der Waals surface area (Å²) in [4.78, 5) is 7.93. The molecule has 1 rings (SSSR count). The Morgan fingerprint density at radius 2 is 2.00 bits per heavy atom. The minimum absolute atomic E-state index is 0.126. The Morgan fingerprint density at radius 1 is 1.33 bits per heavy atom. The quantitative estimate of drug-likeness (QED) is 0.776. The molecule has 0 aliphatic rings. The van der Waals surface area contributed by atoms with Gasteiger partial charge in [-0.2, -0.15) is 0 Å². The number of ether oxygens (including phenoxy) is 1. The van der Waals surface area contributed by atoms with Crippen molar-refractivity contribution in [3.63, 3.8) is 0 Å². The maximum absolute atomic E-state index is 12.4. The molecule has 0 saturated heterocycles. The van der Waals surface area contributed by atoms with Crippen LogP contribution in [0.15, 0.2) is 12.4 Å². The van der Waals surface area contributed by atoms with Crippen LogP contribution >= 0.6 is 0 Å². The Balaban J connectivity index is 2.57. The molecule has 0 unspecified atom stereocenters. The van der Waals surface area contributed by atoms with E-state index in [0.717, 1.165) is 12.6 Å². The van der Waals surface area contributed by atoms with Crippen molar-refractivity contribution < 1.29 is 13.5 Å². The highest BCUT2D eigenvalue weighted by Crippen LogP contribution is 2.15. The first-order chi connectivity index (χ1) is 6.88. The lowest BCUT2D eigenvalue weighted by Gasteiger charge is -2.11. The lowest BCUT2D eigenvalue weighted by Crippen LogP contribution is -2.21. The SMILES string of the molecule is CC(C)c1cnc(OCC(C)(F)F)cn1. The van der Waals surface area contributed by atoms with Crippen LogP contribution in [0.25, 0.3) is 0 Å². The zero-order chi connectivity index (χ0) is 11.5. The lowest BCUT2D eigenvalue weighted by atomic mass is 10.1. The molecule has 1 heterocycles. The van der Waals surface area contributed by atoms with Crippen LogP contribution in [0.4, 0.5) is 8.78 Å². The van der Waals surface area contributed by atoms with Gasteiger partial charge >= 0.3 is 0 Å². The molecule has 0 aliphatic heterocycles. The summed E-state index contributed by atoms with van der Waals surface area (Å²) in [5.74, 6) is -2.46. The number of hydrogen-bond donors (Lipinski definition) is 0. The third kappa shape index (κ3) is 4.18. The summed E-state index contributed by atoms with van der Waals surface area (Å²) in [5.41, 5.74) is 0.811. The van der Waals surface area contributed by atoms with Gasteiger partial charge in [0.1, 0.15) is 0 Å². The van der Waals surface area contributed by atoms with Crippen molar-refractivity contribution in [2.75, 3.05) is 6.61 Å². The number of alkyl halides is 2. The van der Waals surface area contributed by atoms with Gasteiger partial charge < -0.3 is 4.74 Å². The molecule has 0 atom stereocenters. The molecule has 3 nitrogen and oxygen atoms in total. The van der Waals surface area contributed by atoms with Gasteiger partial charge in [-0.05, 0) is 5.92 Å². The molecule has 0 saturated carbocycles. The largest absolute Gasteiger partial charge is 0.470 e. The van der Waals surface area contributed by atoms with E-state index in [0.29, 0.717) is 0 Å². The monoisotopic (exact) mass is 216 g/mol. The second-order valence-electron chi connectivity index (χ2n) is 3.79. The molecule has 5 heteroatoms. The van der Waals surface area contributed by atoms with Crippen LogP contribution in [0.5, 0.6) is 5.88 Å². The van der Waals surface area contributed by atoms with Crippen LogP contribution in [-0.2, 0) is 0 Å². The number of rotatable bonds is 4. The van der Waals surface area contributed by atoms with E-state index in [1.165, 1.54) is 12.4 Å². The predicted molar refractivity (Wildman–Crippen MR) is 52.2 cm³/mol. The summed E-state index contributed by atoms with van der Waals surface area (Å²) >= 11 is 0. The molecule has 1 aromatic rings. The standard InChI is InChI=1S/C10H14F2N2O/c1-7(2)8-4-14-9(5-13-8)15-6-10(3,11)12/h4-5,7H,6H2,1-3H3. The maximum atomic E-state index is 12.4. The third-order valence-electron chi connectivity index (χ3n) is 1.71. The van der Waals surface area contributed by atoms with Gasteiger partial charge in [0.25, 0.3) is 5.92 Å². The van der Waals surface area contributed by atoms with E-state index in [1.54, 1.807) is 0 Å². The fourth-order valence-corrected chi connectivity index (χ4v) is 0.900. The zero-order valence-corrected chi connectivity index (χ0v) is 9.00. The molecule has 0 spiro atoms. The first-order valence-electron chi connectivity index (χ1n) is 4.71. The Morgan fingerprint density at radius 3 is 2.40 bits per heavy atom. The van der Waals surface area contributed by atoms with Gasteiger partial charge in [0, 0.05) is 6.92 Å². The van der Waals surface area contributed by atoms with Gasteiger partial charge in [-0.3, -0.25) is 4.98 Å². The van der Waals surface area contributed by atoms with Crippen LogP contribution in [0.1, 0.15) is 32.4 Å². The molecule has 84 valence electrons. The Kier molecular flexibility index (Phi) is 3.55. The van der Waals surface area contributed by atoms with E-state index in [1.807, 2.05) is 13.8 Å². The summed E-state index contributed by atoms with van der Waals surface area (Å²) in [6.45, 7) is 4.07. The Hall–Kier alpha value is -1.26. The molecule has 1 aromatic heterocycles. The second kappa shape index (κ2) is 4.51. The summed E-state index contributed by atoms with van der Waals surface area (Å²) in [6.07, 6.45) is 2.90. The highest BCUT2D eigenvalue weighted by Gasteiger charge is 2.22. The van der Waals surface area contributed by atoms with Crippen molar-refractivity contribution in [3.05, 3.63) is 18.1 Å². The van der Waals surface area contributed by atoms with E-state index >= 15 is 0 Å². The number of aromatic nitrogens is 2. The second-order valence-corrected chi connectivity index (χ2v) is 3.79. The summed E-state index contributed by atoms with van der Waals surface area (Å²) in [5, 5.41) is 0. The highest BCUT2D eigenvalue weighted by molar-refractivity contribution is 5.09. The molecule has 0 aliphatic carbocycles. The Labute approximate surface area is 87.5 Å². The van der Waals surface area contributed by atoms with Crippen molar-refractivity contribution in [1.82, 2.24) is 9.97 Å². The van der Waals surface area contributed by atoms with Gasteiger partial charge in [-0.25, -0.2) is 13.8 Å². The summed E-state index contributed by atoms with van der Waals surface area (Å²) < 4.78 is 29.7. The van der Waals surface area contributed by atoms with Crippen molar-refractivity contribution in [2.45, 2.75) is 32.6 Å². The molecule has 15 heavy (non-hydrogen) atoms. The number of nitrogens with zero attached hydrogens (tertiary/aromatic N) is 2. The summed E-state index contributed by atoms with van der Waals surface area (Å²) in [6, 6.07) is 0. The molecule has 0 bridgehead atoms. The zero-order valence-electron chi connectivity index (χ0n) is 9.00. The van der Waals surface area contributed by atoms with Gasteiger partial charge in [-0.15, -0.1) is 0 Å². The van der Waals surface area contributed by atoms with Gasteiger partial charge in [0.2, 0.25) is 5.88 Å². The van der Waals surface area contributed by atoms with Crippen molar-refractivity contribution in [3.8, 4) is 5.88 Å². The van der Waals surface area contributed by atoms with Crippen molar-refractivity contribution >= 4 is 0 Å². The van der Waals surface area contributed by atoms with Crippen LogP contribution in [0.2, 0.25) is 0 Å². The van der Waals surface area contributed by atoms with E-state index in [4.69, 9.17) is 4.74 Å². The summed E-state index contributed by atoms with van der Waals surface area (Å²) in [7, 11) is 0. The maximum Gasteiger partial charge on any atom is 0.278 e. The lowest BCUT2D eigenvalue weighted by molar-refractivity contribution is -0.0243. The van der Waals surface area contributed by atoms with Crippen LogP contribution in [0.3, 0.4) is 0 Å². The van der Waals surface area contributed by atoms with E-state index in [-0.39, 0.29) is 11.8 Å². The number of hydrogen-bond acceptors (Lipinski definition) is 3. The topological polar surface area (TPSA) is 35.0 Å². The normalized spacial score (nSPS) is 11.9. The minimum atomic E-state index is -2.85. The Bertz CT molecular complexity index is 306. The first kappa shape index (κ1) is 11.8. The fraction of sp³-hybridized carbons (Fsp3) is 0.600. The molecule has 0 fully saturated rings. The molecule has 0 amide bonds. The van der Waals surface area contributed by atoms with E-state index in [9.17, 15) is 8.78 Å². The fourth-order valence-electron chi connectivity index (χ4n) is 0.900. The minimum Gasteiger partial charge on any atom is -0.470 e. The van der Waals surface area contributed by atoms with Crippen LogP contribution < -0.4 is 4.74 Å². The van der Waals surface area contributed by atoms with Crippen LogP contribution in [-0.4, -0.2) is 22.5 Å². The van der Waals surface area contributed by atoms with E-state index in [2.05, 4.69) is 9.97 Å². The molecule has 0 radical (unpaired) electrons. The third-order valence-corrected chi connectivity index (χ3v) is 1.71. The van der Waals surface area contributed by atoms with Gasteiger partial charge in [0.05, 0.1) is 18.1 Å². The molecular formula is C10H14F2N2O. The molecular weight excluding hydrogens is 202 g/mol. The van der Waals surface area contributed by atoms with Crippen molar-refractivity contribution in [1.29, 1.82) is 0 Å². The average molecular weight is 216 g/mol.